The first-order chi connectivity index (χ1) is 9.74. The maximum Gasteiger partial charge on any atom is 0.226 e. The van der Waals surface area contributed by atoms with Crippen LogP contribution in [0.2, 0.25) is 0 Å². The summed E-state index contributed by atoms with van der Waals surface area (Å²) in [5, 5.41) is 11.9. The second-order valence-corrected chi connectivity index (χ2v) is 6.38. The van der Waals surface area contributed by atoms with Crippen LogP contribution >= 0.6 is 0 Å². The van der Waals surface area contributed by atoms with Crippen LogP contribution in [0.25, 0.3) is 0 Å². The largest absolute Gasteiger partial charge is 0.395 e. The zero-order chi connectivity index (χ0) is 14.0. The maximum absolute atomic E-state index is 12.7. The van der Waals surface area contributed by atoms with E-state index in [1.54, 1.807) is 0 Å². The molecule has 1 amide bonds. The van der Waals surface area contributed by atoms with Crippen LogP contribution in [0.3, 0.4) is 0 Å². The predicted octanol–water partition coefficient (Wildman–Crippen LogP) is 2.14. The van der Waals surface area contributed by atoms with Crippen LogP contribution in [-0.4, -0.2) is 24.2 Å². The molecule has 3 rings (SSSR count). The summed E-state index contributed by atoms with van der Waals surface area (Å²) in [4.78, 5) is 12.7. The summed E-state index contributed by atoms with van der Waals surface area (Å²) in [6.07, 6.45) is 5.54. The molecule has 2 aliphatic carbocycles. The van der Waals surface area contributed by atoms with Crippen molar-refractivity contribution in [1.29, 1.82) is 0 Å². The molecule has 1 aromatic rings. The van der Waals surface area contributed by atoms with Gasteiger partial charge in [-0.25, -0.2) is 0 Å². The fourth-order valence-corrected chi connectivity index (χ4v) is 4.32. The Morgan fingerprint density at radius 1 is 1.30 bits per heavy atom. The number of hydrogen-bond donors (Lipinski definition) is 2. The normalized spacial score (nSPS) is 31.4. The molecule has 20 heavy (non-hydrogen) atoms. The van der Waals surface area contributed by atoms with E-state index in [2.05, 4.69) is 17.4 Å². The number of nitrogens with one attached hydrogen (secondary N) is 1. The second-order valence-electron chi connectivity index (χ2n) is 6.38. The second kappa shape index (κ2) is 5.57. The highest BCUT2D eigenvalue weighted by atomic mass is 16.3. The number of carbonyl (C=O) groups is 1. The quantitative estimate of drug-likeness (QED) is 0.863. The molecule has 0 heterocycles. The van der Waals surface area contributed by atoms with Crippen LogP contribution < -0.4 is 5.32 Å². The summed E-state index contributed by atoms with van der Waals surface area (Å²) in [6.45, 7) is 0.383. The number of benzene rings is 1. The van der Waals surface area contributed by atoms with E-state index in [9.17, 15) is 4.79 Å². The van der Waals surface area contributed by atoms with Crippen molar-refractivity contribution in [3.63, 3.8) is 0 Å². The van der Waals surface area contributed by atoms with Crippen LogP contribution in [0.15, 0.2) is 30.3 Å². The fourth-order valence-electron chi connectivity index (χ4n) is 4.32. The Bertz CT molecular complexity index is 473. The summed E-state index contributed by atoms with van der Waals surface area (Å²) in [6, 6.07) is 10.3. The van der Waals surface area contributed by atoms with Crippen LogP contribution in [-0.2, 0) is 11.2 Å². The standard InChI is InChI=1S/C17H23NO2/c19-9-8-18-16(20)17(11-13-4-2-1-3-5-13)12-14-6-7-15(17)10-14/h1-5,14-15,19H,6-12H2,(H,18,20). The molecule has 108 valence electrons. The van der Waals surface area contributed by atoms with Crippen LogP contribution in [0.4, 0.5) is 0 Å². The summed E-state index contributed by atoms with van der Waals surface area (Å²) < 4.78 is 0. The minimum Gasteiger partial charge on any atom is -0.395 e. The molecular formula is C17H23NO2. The number of hydrogen-bond acceptors (Lipinski definition) is 2. The molecule has 2 bridgehead atoms. The number of carbonyl (C=O) groups excluding carboxylic acids is 1. The molecule has 0 spiro atoms. The molecule has 2 saturated carbocycles. The summed E-state index contributed by atoms with van der Waals surface area (Å²) >= 11 is 0. The average Bonchev–Trinajstić information content (AvgIpc) is 3.07. The highest BCUT2D eigenvalue weighted by Gasteiger charge is 2.55. The third kappa shape index (κ3) is 2.35. The van der Waals surface area contributed by atoms with E-state index in [0.717, 1.165) is 18.8 Å². The highest BCUT2D eigenvalue weighted by molar-refractivity contribution is 5.84. The van der Waals surface area contributed by atoms with E-state index in [0.29, 0.717) is 12.5 Å². The van der Waals surface area contributed by atoms with E-state index in [-0.39, 0.29) is 17.9 Å². The van der Waals surface area contributed by atoms with Crippen LogP contribution in [0.5, 0.6) is 0 Å². The Balaban J connectivity index is 1.83. The zero-order valence-corrected chi connectivity index (χ0v) is 11.8. The van der Waals surface area contributed by atoms with Crippen molar-refractivity contribution in [2.45, 2.75) is 32.1 Å². The summed E-state index contributed by atoms with van der Waals surface area (Å²) in [5.74, 6) is 1.40. The van der Waals surface area contributed by atoms with Gasteiger partial charge in [0.05, 0.1) is 12.0 Å². The van der Waals surface area contributed by atoms with Gasteiger partial charge in [0.15, 0.2) is 0 Å². The van der Waals surface area contributed by atoms with Crippen molar-refractivity contribution in [3.8, 4) is 0 Å². The zero-order valence-electron chi connectivity index (χ0n) is 11.8. The molecule has 2 aliphatic rings. The molecule has 0 saturated heterocycles. The van der Waals surface area contributed by atoms with E-state index in [4.69, 9.17) is 5.11 Å². The number of rotatable bonds is 5. The molecule has 3 unspecified atom stereocenters. The first kappa shape index (κ1) is 13.6. The van der Waals surface area contributed by atoms with E-state index in [1.807, 2.05) is 18.2 Å². The van der Waals surface area contributed by atoms with Gasteiger partial charge in [-0.1, -0.05) is 36.8 Å². The van der Waals surface area contributed by atoms with Gasteiger partial charge in [-0.3, -0.25) is 4.79 Å². The molecule has 0 aromatic heterocycles. The Kier molecular flexibility index (Phi) is 3.79. The van der Waals surface area contributed by atoms with Gasteiger partial charge in [-0.05, 0) is 43.1 Å². The molecule has 0 radical (unpaired) electrons. The van der Waals surface area contributed by atoms with Crippen molar-refractivity contribution < 1.29 is 9.90 Å². The van der Waals surface area contributed by atoms with Crippen molar-refractivity contribution in [2.75, 3.05) is 13.2 Å². The molecule has 0 aliphatic heterocycles. The Labute approximate surface area is 120 Å². The van der Waals surface area contributed by atoms with Crippen molar-refractivity contribution >= 4 is 5.91 Å². The smallest absolute Gasteiger partial charge is 0.226 e. The van der Waals surface area contributed by atoms with Gasteiger partial charge in [0.2, 0.25) is 5.91 Å². The van der Waals surface area contributed by atoms with E-state index >= 15 is 0 Å². The van der Waals surface area contributed by atoms with Crippen molar-refractivity contribution in [1.82, 2.24) is 5.32 Å². The SMILES string of the molecule is O=C(NCCO)C1(Cc2ccccc2)CC2CCC1C2. The molecule has 2 N–H and O–H groups in total. The van der Waals surface area contributed by atoms with Crippen LogP contribution in [0.1, 0.15) is 31.2 Å². The van der Waals surface area contributed by atoms with Crippen molar-refractivity contribution in [2.24, 2.45) is 17.3 Å². The Morgan fingerprint density at radius 2 is 2.10 bits per heavy atom. The first-order valence-electron chi connectivity index (χ1n) is 7.68. The molecule has 2 fully saturated rings. The lowest BCUT2D eigenvalue weighted by molar-refractivity contribution is -0.134. The lowest BCUT2D eigenvalue weighted by Crippen LogP contribution is -2.46. The topological polar surface area (TPSA) is 49.3 Å². The van der Waals surface area contributed by atoms with Crippen molar-refractivity contribution in [3.05, 3.63) is 35.9 Å². The van der Waals surface area contributed by atoms with E-state index < -0.39 is 0 Å². The van der Waals surface area contributed by atoms with Gasteiger partial charge in [-0.2, -0.15) is 0 Å². The Morgan fingerprint density at radius 3 is 2.70 bits per heavy atom. The van der Waals surface area contributed by atoms with Gasteiger partial charge in [0, 0.05) is 6.54 Å². The molecular weight excluding hydrogens is 250 g/mol. The molecule has 3 heteroatoms. The monoisotopic (exact) mass is 273 g/mol. The third-order valence-electron chi connectivity index (χ3n) is 5.19. The van der Waals surface area contributed by atoms with Gasteiger partial charge in [0.1, 0.15) is 0 Å². The van der Waals surface area contributed by atoms with Gasteiger partial charge >= 0.3 is 0 Å². The average molecular weight is 273 g/mol. The van der Waals surface area contributed by atoms with Crippen LogP contribution in [0, 0.1) is 17.3 Å². The lowest BCUT2D eigenvalue weighted by Gasteiger charge is -2.36. The lowest BCUT2D eigenvalue weighted by atomic mass is 9.68. The minimum atomic E-state index is -0.237. The summed E-state index contributed by atoms with van der Waals surface area (Å²) in [7, 11) is 0. The number of fused-ring (bicyclic) bond motifs is 2. The molecule has 1 aromatic carbocycles. The third-order valence-corrected chi connectivity index (χ3v) is 5.19. The molecule has 3 nitrogen and oxygen atoms in total. The first-order valence-corrected chi connectivity index (χ1v) is 7.68. The number of aliphatic hydroxyl groups is 1. The summed E-state index contributed by atoms with van der Waals surface area (Å²) in [5.41, 5.74) is 1.01. The van der Waals surface area contributed by atoms with E-state index in [1.165, 1.54) is 24.8 Å². The number of amides is 1. The molecule has 3 atom stereocenters. The van der Waals surface area contributed by atoms with Gasteiger partial charge < -0.3 is 10.4 Å². The fraction of sp³-hybridized carbons (Fsp3) is 0.588. The highest BCUT2D eigenvalue weighted by Crippen LogP contribution is 2.57. The number of aliphatic hydroxyl groups excluding tert-OH is 1. The van der Waals surface area contributed by atoms with Gasteiger partial charge in [-0.15, -0.1) is 0 Å². The minimum absolute atomic E-state index is 0.0151. The Hall–Kier alpha value is -1.35. The van der Waals surface area contributed by atoms with Gasteiger partial charge in [0.25, 0.3) is 0 Å². The predicted molar refractivity (Wildman–Crippen MR) is 78.1 cm³/mol. The maximum atomic E-state index is 12.7.